The Labute approximate surface area is 129 Å². The fourth-order valence-electron chi connectivity index (χ4n) is 2.26. The minimum atomic E-state index is 0.457. The van der Waals surface area contributed by atoms with Gasteiger partial charge in [-0.15, -0.1) is 0 Å². The molecular formula is C14H18Cl2N2S. The second-order valence-electron chi connectivity index (χ2n) is 4.71. The number of nitrogens with one attached hydrogen (secondary N) is 1. The highest BCUT2D eigenvalue weighted by molar-refractivity contribution is 8.13. The molecule has 1 fully saturated rings. The van der Waals surface area contributed by atoms with Crippen LogP contribution in [0.1, 0.15) is 32.1 Å². The summed E-state index contributed by atoms with van der Waals surface area (Å²) in [5, 5.41) is 5.50. The average Bonchev–Trinajstić information content (AvgIpc) is 2.38. The van der Waals surface area contributed by atoms with Crippen molar-refractivity contribution in [2.45, 2.75) is 38.1 Å². The van der Waals surface area contributed by atoms with Gasteiger partial charge in [-0.25, -0.2) is 0 Å². The van der Waals surface area contributed by atoms with Crippen LogP contribution >= 0.6 is 35.0 Å². The molecule has 1 aliphatic rings. The lowest BCUT2D eigenvalue weighted by Gasteiger charge is -2.19. The lowest BCUT2D eigenvalue weighted by Crippen LogP contribution is -2.16. The van der Waals surface area contributed by atoms with Gasteiger partial charge in [-0.1, -0.05) is 54.2 Å². The summed E-state index contributed by atoms with van der Waals surface area (Å²) in [5.74, 6) is 0. The van der Waals surface area contributed by atoms with Crippen molar-refractivity contribution in [2.75, 3.05) is 11.6 Å². The largest absolute Gasteiger partial charge is 0.335 e. The normalized spacial score (nSPS) is 17.5. The summed E-state index contributed by atoms with van der Waals surface area (Å²) >= 11 is 13.6. The smallest absolute Gasteiger partial charge is 0.161 e. The maximum Gasteiger partial charge on any atom is 0.161 e. The molecule has 0 amide bonds. The highest BCUT2D eigenvalue weighted by atomic mass is 35.5. The Balaban J connectivity index is 2.07. The fourth-order valence-corrected chi connectivity index (χ4v) is 3.26. The van der Waals surface area contributed by atoms with Gasteiger partial charge in [-0.05, 0) is 37.3 Å². The monoisotopic (exact) mass is 316 g/mol. The van der Waals surface area contributed by atoms with Crippen LogP contribution in [0.5, 0.6) is 0 Å². The van der Waals surface area contributed by atoms with E-state index in [1.165, 1.54) is 32.1 Å². The molecule has 2 rings (SSSR count). The van der Waals surface area contributed by atoms with Gasteiger partial charge in [0, 0.05) is 15.7 Å². The lowest BCUT2D eigenvalue weighted by atomic mass is 9.96. The Hall–Kier alpha value is -0.380. The molecule has 104 valence electrons. The van der Waals surface area contributed by atoms with Crippen molar-refractivity contribution >= 4 is 45.8 Å². The molecule has 1 aromatic carbocycles. The van der Waals surface area contributed by atoms with Crippen molar-refractivity contribution in [3.63, 3.8) is 0 Å². The summed E-state index contributed by atoms with van der Waals surface area (Å²) in [7, 11) is 0. The number of benzene rings is 1. The predicted octanol–water partition coefficient (Wildman–Crippen LogP) is 5.46. The molecule has 19 heavy (non-hydrogen) atoms. The highest BCUT2D eigenvalue weighted by Gasteiger charge is 2.13. The van der Waals surface area contributed by atoms with Crippen LogP contribution in [0.2, 0.25) is 10.0 Å². The van der Waals surface area contributed by atoms with E-state index in [2.05, 4.69) is 5.32 Å². The van der Waals surface area contributed by atoms with Crippen LogP contribution in [0.4, 0.5) is 5.69 Å². The molecular weight excluding hydrogens is 299 g/mol. The van der Waals surface area contributed by atoms with Gasteiger partial charge < -0.3 is 5.32 Å². The summed E-state index contributed by atoms with van der Waals surface area (Å²) in [4.78, 5) is 4.79. The SMILES string of the molecule is CSC(=NC1CCCCC1)Nc1cc(Cl)cc(Cl)c1. The van der Waals surface area contributed by atoms with Crippen LogP contribution in [0.3, 0.4) is 0 Å². The van der Waals surface area contributed by atoms with Gasteiger partial charge in [-0.3, -0.25) is 4.99 Å². The number of hydrogen-bond donors (Lipinski definition) is 1. The third-order valence-corrected chi connectivity index (χ3v) is 4.21. The number of hydrogen-bond acceptors (Lipinski definition) is 2. The van der Waals surface area contributed by atoms with Gasteiger partial charge in [-0.2, -0.15) is 0 Å². The van der Waals surface area contributed by atoms with Crippen LogP contribution in [0.15, 0.2) is 23.2 Å². The summed E-state index contributed by atoms with van der Waals surface area (Å²) in [6, 6.07) is 5.91. The quantitative estimate of drug-likeness (QED) is 0.579. The molecule has 0 spiro atoms. The van der Waals surface area contributed by atoms with E-state index in [1.54, 1.807) is 17.8 Å². The van der Waals surface area contributed by atoms with Gasteiger partial charge >= 0.3 is 0 Å². The van der Waals surface area contributed by atoms with E-state index in [0.717, 1.165) is 10.9 Å². The van der Waals surface area contributed by atoms with Crippen molar-refractivity contribution in [1.29, 1.82) is 0 Å². The maximum absolute atomic E-state index is 6.00. The molecule has 0 bridgehead atoms. The standard InChI is InChI=1S/C14H18Cl2N2S/c1-19-14(17-12-5-3-2-4-6-12)18-13-8-10(15)7-11(16)9-13/h7-9,12H,2-6H2,1H3,(H,17,18). The second-order valence-corrected chi connectivity index (χ2v) is 6.38. The second kappa shape index (κ2) is 7.41. The van der Waals surface area contributed by atoms with E-state index >= 15 is 0 Å². The van der Waals surface area contributed by atoms with Crippen molar-refractivity contribution in [1.82, 2.24) is 0 Å². The zero-order valence-electron chi connectivity index (χ0n) is 11.0. The Morgan fingerprint density at radius 3 is 2.37 bits per heavy atom. The third-order valence-electron chi connectivity index (χ3n) is 3.18. The van der Waals surface area contributed by atoms with Crippen molar-refractivity contribution < 1.29 is 0 Å². The molecule has 0 aromatic heterocycles. The van der Waals surface area contributed by atoms with Gasteiger partial charge in [0.15, 0.2) is 5.17 Å². The van der Waals surface area contributed by atoms with E-state index in [9.17, 15) is 0 Å². The van der Waals surface area contributed by atoms with Gasteiger partial charge in [0.1, 0.15) is 0 Å². The zero-order valence-corrected chi connectivity index (χ0v) is 13.3. The molecule has 1 saturated carbocycles. The fraction of sp³-hybridized carbons (Fsp3) is 0.500. The molecule has 0 aliphatic heterocycles. The Bertz CT molecular complexity index is 437. The first-order chi connectivity index (χ1) is 9.17. The van der Waals surface area contributed by atoms with E-state index in [0.29, 0.717) is 16.1 Å². The number of nitrogens with zero attached hydrogens (tertiary/aromatic N) is 1. The van der Waals surface area contributed by atoms with E-state index < -0.39 is 0 Å². The van der Waals surface area contributed by atoms with Gasteiger partial charge in [0.2, 0.25) is 0 Å². The molecule has 0 atom stereocenters. The Kier molecular flexibility index (Phi) is 5.86. The molecule has 2 nitrogen and oxygen atoms in total. The minimum Gasteiger partial charge on any atom is -0.335 e. The van der Waals surface area contributed by atoms with Crippen molar-refractivity contribution in [3.05, 3.63) is 28.2 Å². The first kappa shape index (κ1) is 15.0. The van der Waals surface area contributed by atoms with E-state index in [1.807, 2.05) is 18.4 Å². The highest BCUT2D eigenvalue weighted by Crippen LogP contribution is 2.25. The first-order valence-corrected chi connectivity index (χ1v) is 8.50. The van der Waals surface area contributed by atoms with Crippen molar-refractivity contribution in [3.8, 4) is 0 Å². The van der Waals surface area contributed by atoms with Crippen LogP contribution in [0.25, 0.3) is 0 Å². The number of thioether (sulfide) groups is 1. The van der Waals surface area contributed by atoms with Crippen LogP contribution in [-0.2, 0) is 0 Å². The molecule has 1 aromatic rings. The van der Waals surface area contributed by atoms with Crippen LogP contribution < -0.4 is 5.32 Å². The Morgan fingerprint density at radius 1 is 1.16 bits per heavy atom. The third kappa shape index (κ3) is 4.90. The first-order valence-electron chi connectivity index (χ1n) is 6.52. The molecule has 0 radical (unpaired) electrons. The van der Waals surface area contributed by atoms with E-state index in [4.69, 9.17) is 28.2 Å². The maximum atomic E-state index is 6.00. The molecule has 0 heterocycles. The molecule has 5 heteroatoms. The summed E-state index contributed by atoms with van der Waals surface area (Å²) in [6.45, 7) is 0. The zero-order chi connectivity index (χ0) is 13.7. The topological polar surface area (TPSA) is 24.4 Å². The van der Waals surface area contributed by atoms with Crippen LogP contribution in [0, 0.1) is 0 Å². The molecule has 0 unspecified atom stereocenters. The number of rotatable bonds is 2. The number of amidine groups is 1. The number of halogens is 2. The van der Waals surface area contributed by atoms with Crippen molar-refractivity contribution in [2.24, 2.45) is 4.99 Å². The number of aliphatic imine (C=N–C) groups is 1. The molecule has 1 aliphatic carbocycles. The number of anilines is 1. The summed E-state index contributed by atoms with van der Waals surface area (Å²) in [5.41, 5.74) is 0.890. The average molecular weight is 317 g/mol. The predicted molar refractivity (Wildman–Crippen MR) is 87.9 cm³/mol. The lowest BCUT2D eigenvalue weighted by molar-refractivity contribution is 0.444. The van der Waals surface area contributed by atoms with Gasteiger partial charge in [0.05, 0.1) is 6.04 Å². The Morgan fingerprint density at radius 2 is 1.79 bits per heavy atom. The summed E-state index contributed by atoms with van der Waals surface area (Å²) < 4.78 is 0. The minimum absolute atomic E-state index is 0.457. The van der Waals surface area contributed by atoms with E-state index in [-0.39, 0.29) is 0 Å². The molecule has 1 N–H and O–H groups in total. The summed E-state index contributed by atoms with van der Waals surface area (Å²) in [6.07, 6.45) is 8.35. The van der Waals surface area contributed by atoms with Gasteiger partial charge in [0.25, 0.3) is 0 Å². The van der Waals surface area contributed by atoms with Crippen LogP contribution in [-0.4, -0.2) is 17.5 Å². The molecule has 0 saturated heterocycles.